The van der Waals surface area contributed by atoms with Crippen LogP contribution in [0.3, 0.4) is 0 Å². The van der Waals surface area contributed by atoms with E-state index in [-0.39, 0.29) is 11.9 Å². The molecule has 4 nitrogen and oxygen atoms in total. The van der Waals surface area contributed by atoms with Crippen molar-refractivity contribution in [3.05, 3.63) is 0 Å². The van der Waals surface area contributed by atoms with Gasteiger partial charge in [-0.15, -0.1) is 0 Å². The van der Waals surface area contributed by atoms with E-state index in [0.717, 1.165) is 32.4 Å². The van der Waals surface area contributed by atoms with Gasteiger partial charge in [-0.25, -0.2) is 0 Å². The van der Waals surface area contributed by atoms with Gasteiger partial charge in [0.15, 0.2) is 0 Å². The molecule has 88 valence electrons. The van der Waals surface area contributed by atoms with Crippen LogP contribution in [0.1, 0.15) is 32.6 Å². The van der Waals surface area contributed by atoms with Gasteiger partial charge in [0.25, 0.3) is 0 Å². The van der Waals surface area contributed by atoms with Gasteiger partial charge < -0.3 is 15.4 Å². The number of piperidine rings is 1. The second kappa shape index (κ2) is 6.80. The lowest BCUT2D eigenvalue weighted by atomic mass is 10.1. The van der Waals surface area contributed by atoms with E-state index >= 15 is 0 Å². The number of nitrogens with zero attached hydrogens (tertiary/aromatic N) is 1. The third-order valence-electron chi connectivity index (χ3n) is 2.62. The highest BCUT2D eigenvalue weighted by atomic mass is 16.5. The maximum atomic E-state index is 11.7. The Morgan fingerprint density at radius 1 is 1.53 bits per heavy atom. The van der Waals surface area contributed by atoms with Crippen LogP contribution in [-0.2, 0) is 9.53 Å². The minimum Gasteiger partial charge on any atom is -0.381 e. The molecule has 0 spiro atoms. The number of hydrogen-bond donors (Lipinski definition) is 1. The van der Waals surface area contributed by atoms with Crippen LogP contribution in [0.4, 0.5) is 0 Å². The van der Waals surface area contributed by atoms with Gasteiger partial charge in [0.1, 0.15) is 0 Å². The van der Waals surface area contributed by atoms with Gasteiger partial charge in [-0.05, 0) is 19.3 Å². The maximum absolute atomic E-state index is 11.7. The van der Waals surface area contributed by atoms with Crippen LogP contribution in [0.15, 0.2) is 0 Å². The third-order valence-corrected chi connectivity index (χ3v) is 2.62. The SMILES string of the molecule is CCCOCCC(=O)N1CCC[C@@H](N)C1. The van der Waals surface area contributed by atoms with Crippen molar-refractivity contribution in [2.45, 2.75) is 38.6 Å². The summed E-state index contributed by atoms with van der Waals surface area (Å²) in [4.78, 5) is 13.6. The summed E-state index contributed by atoms with van der Waals surface area (Å²) in [5.41, 5.74) is 5.81. The van der Waals surface area contributed by atoms with Crippen LogP contribution in [0.25, 0.3) is 0 Å². The van der Waals surface area contributed by atoms with Crippen LogP contribution in [0, 0.1) is 0 Å². The maximum Gasteiger partial charge on any atom is 0.224 e. The molecule has 0 aromatic carbocycles. The van der Waals surface area contributed by atoms with Crippen molar-refractivity contribution in [1.82, 2.24) is 4.90 Å². The monoisotopic (exact) mass is 214 g/mol. The van der Waals surface area contributed by atoms with E-state index in [1.165, 1.54) is 0 Å². The molecule has 15 heavy (non-hydrogen) atoms. The molecule has 0 bridgehead atoms. The molecule has 4 heteroatoms. The molecule has 0 aromatic heterocycles. The molecule has 0 saturated carbocycles. The Balaban J connectivity index is 2.15. The quantitative estimate of drug-likeness (QED) is 0.687. The summed E-state index contributed by atoms with van der Waals surface area (Å²) < 4.78 is 5.29. The van der Waals surface area contributed by atoms with E-state index in [4.69, 9.17) is 10.5 Å². The zero-order valence-electron chi connectivity index (χ0n) is 9.58. The minimum absolute atomic E-state index is 0.166. The van der Waals surface area contributed by atoms with Crippen LogP contribution in [0.5, 0.6) is 0 Å². The standard InChI is InChI=1S/C11H22N2O2/c1-2-7-15-8-5-11(14)13-6-3-4-10(12)9-13/h10H,2-9,12H2,1H3/t10-/m1/s1. The van der Waals surface area contributed by atoms with E-state index in [1.807, 2.05) is 4.90 Å². The lowest BCUT2D eigenvalue weighted by Crippen LogP contribution is -2.45. The molecular formula is C11H22N2O2. The molecular weight excluding hydrogens is 192 g/mol. The summed E-state index contributed by atoms with van der Waals surface area (Å²) in [6, 6.07) is 0.166. The van der Waals surface area contributed by atoms with E-state index in [0.29, 0.717) is 19.6 Å². The molecule has 1 aliphatic rings. The molecule has 1 heterocycles. The Labute approximate surface area is 91.8 Å². The zero-order valence-corrected chi connectivity index (χ0v) is 9.58. The molecule has 0 aromatic rings. The Kier molecular flexibility index (Phi) is 5.65. The average molecular weight is 214 g/mol. The van der Waals surface area contributed by atoms with Gasteiger partial charge in [0, 0.05) is 25.7 Å². The fourth-order valence-electron chi connectivity index (χ4n) is 1.80. The van der Waals surface area contributed by atoms with E-state index in [2.05, 4.69) is 6.92 Å². The highest BCUT2D eigenvalue weighted by Crippen LogP contribution is 2.09. The highest BCUT2D eigenvalue weighted by Gasteiger charge is 2.20. The molecule has 2 N–H and O–H groups in total. The van der Waals surface area contributed by atoms with E-state index < -0.39 is 0 Å². The first-order valence-electron chi connectivity index (χ1n) is 5.85. The largest absolute Gasteiger partial charge is 0.381 e. The Bertz CT molecular complexity index is 197. The molecule has 0 unspecified atom stereocenters. The topological polar surface area (TPSA) is 55.6 Å². The highest BCUT2D eigenvalue weighted by molar-refractivity contribution is 5.76. The number of rotatable bonds is 5. The van der Waals surface area contributed by atoms with Crippen LogP contribution in [0.2, 0.25) is 0 Å². The van der Waals surface area contributed by atoms with Crippen molar-refractivity contribution in [1.29, 1.82) is 0 Å². The van der Waals surface area contributed by atoms with Crippen molar-refractivity contribution in [2.24, 2.45) is 5.73 Å². The van der Waals surface area contributed by atoms with Crippen molar-refractivity contribution < 1.29 is 9.53 Å². The second-order valence-electron chi connectivity index (χ2n) is 4.10. The number of amides is 1. The second-order valence-corrected chi connectivity index (χ2v) is 4.10. The molecule has 1 atom stereocenters. The molecule has 0 aliphatic carbocycles. The smallest absolute Gasteiger partial charge is 0.224 e. The number of carbonyl (C=O) groups is 1. The summed E-state index contributed by atoms with van der Waals surface area (Å²) in [5.74, 6) is 0.182. The Morgan fingerprint density at radius 2 is 2.33 bits per heavy atom. The lowest BCUT2D eigenvalue weighted by Gasteiger charge is -2.30. The summed E-state index contributed by atoms with van der Waals surface area (Å²) in [6.07, 6.45) is 3.56. The van der Waals surface area contributed by atoms with Gasteiger partial charge in [-0.3, -0.25) is 4.79 Å². The fourth-order valence-corrected chi connectivity index (χ4v) is 1.80. The van der Waals surface area contributed by atoms with Crippen molar-refractivity contribution in [2.75, 3.05) is 26.3 Å². The number of hydrogen-bond acceptors (Lipinski definition) is 3. The normalized spacial score (nSPS) is 21.7. The predicted molar refractivity (Wildman–Crippen MR) is 59.5 cm³/mol. The van der Waals surface area contributed by atoms with Gasteiger partial charge >= 0.3 is 0 Å². The van der Waals surface area contributed by atoms with Gasteiger partial charge in [-0.1, -0.05) is 6.92 Å². The molecule has 1 fully saturated rings. The van der Waals surface area contributed by atoms with Crippen LogP contribution < -0.4 is 5.73 Å². The molecule has 0 radical (unpaired) electrons. The summed E-state index contributed by atoms with van der Waals surface area (Å²) in [7, 11) is 0. The van der Waals surface area contributed by atoms with Crippen LogP contribution in [-0.4, -0.2) is 43.2 Å². The van der Waals surface area contributed by atoms with Crippen molar-refractivity contribution in [3.8, 4) is 0 Å². The lowest BCUT2D eigenvalue weighted by molar-refractivity contribution is -0.133. The number of carbonyl (C=O) groups excluding carboxylic acids is 1. The van der Waals surface area contributed by atoms with Gasteiger partial charge in [-0.2, -0.15) is 0 Å². The zero-order chi connectivity index (χ0) is 11.1. The summed E-state index contributed by atoms with van der Waals surface area (Å²) in [5, 5.41) is 0. The molecule has 1 amide bonds. The number of ether oxygens (including phenoxy) is 1. The molecule has 1 aliphatic heterocycles. The van der Waals surface area contributed by atoms with Gasteiger partial charge in [0.05, 0.1) is 13.0 Å². The minimum atomic E-state index is 0.166. The van der Waals surface area contributed by atoms with E-state index in [1.54, 1.807) is 0 Å². The fraction of sp³-hybridized carbons (Fsp3) is 0.909. The third kappa shape index (κ3) is 4.62. The first-order chi connectivity index (χ1) is 7.24. The predicted octanol–water partition coefficient (Wildman–Crippen LogP) is 0.753. The number of likely N-dealkylation sites (tertiary alicyclic amines) is 1. The van der Waals surface area contributed by atoms with E-state index in [9.17, 15) is 4.79 Å². The molecule has 1 saturated heterocycles. The number of nitrogens with two attached hydrogens (primary N) is 1. The van der Waals surface area contributed by atoms with Crippen molar-refractivity contribution >= 4 is 5.91 Å². The molecule has 1 rings (SSSR count). The summed E-state index contributed by atoms with van der Waals surface area (Å²) in [6.45, 7) is 4.92. The average Bonchev–Trinajstić information content (AvgIpc) is 2.24. The van der Waals surface area contributed by atoms with Gasteiger partial charge in [0.2, 0.25) is 5.91 Å². The summed E-state index contributed by atoms with van der Waals surface area (Å²) >= 11 is 0. The van der Waals surface area contributed by atoms with Crippen LogP contribution >= 0.6 is 0 Å². The first-order valence-corrected chi connectivity index (χ1v) is 5.85. The van der Waals surface area contributed by atoms with Crippen molar-refractivity contribution in [3.63, 3.8) is 0 Å². The Morgan fingerprint density at radius 3 is 3.00 bits per heavy atom. The first kappa shape index (κ1) is 12.5. The Hall–Kier alpha value is -0.610.